The van der Waals surface area contributed by atoms with Gasteiger partial charge in [0.25, 0.3) is 0 Å². The van der Waals surface area contributed by atoms with E-state index in [1.165, 1.54) is 12.2 Å². The van der Waals surface area contributed by atoms with Crippen LogP contribution in [0.5, 0.6) is 0 Å². The van der Waals surface area contributed by atoms with E-state index in [9.17, 15) is 0 Å². The van der Waals surface area contributed by atoms with Crippen LogP contribution in [0.2, 0.25) is 0 Å². The molecule has 0 rings (SSSR count). The summed E-state index contributed by atoms with van der Waals surface area (Å²) < 4.78 is 0. The minimum Gasteiger partial charge on any atom is -0.393 e. The van der Waals surface area contributed by atoms with Gasteiger partial charge in [0, 0.05) is 5.75 Å². The second-order valence-corrected chi connectivity index (χ2v) is 3.97. The molecular formula is C8H18OS. The summed E-state index contributed by atoms with van der Waals surface area (Å²) in [6.07, 6.45) is 1.10. The number of hydrogen-bond acceptors (Lipinski definition) is 2. The third kappa shape index (κ3) is 6.43. The van der Waals surface area contributed by atoms with Crippen LogP contribution in [0.15, 0.2) is 0 Å². The van der Waals surface area contributed by atoms with Crippen LogP contribution in [-0.4, -0.2) is 22.7 Å². The lowest BCUT2D eigenvalue weighted by molar-refractivity contribution is 0.220. The number of aliphatic hydroxyl groups excluding tert-OH is 1. The van der Waals surface area contributed by atoms with Gasteiger partial charge in [-0.3, -0.25) is 0 Å². The van der Waals surface area contributed by atoms with E-state index >= 15 is 0 Å². The van der Waals surface area contributed by atoms with Crippen LogP contribution in [0, 0.1) is 5.92 Å². The first-order valence-electron chi connectivity index (χ1n) is 3.92. The molecule has 0 saturated heterocycles. The summed E-state index contributed by atoms with van der Waals surface area (Å²) in [6.45, 7) is 6.28. The van der Waals surface area contributed by atoms with Crippen molar-refractivity contribution in [2.45, 2.75) is 33.3 Å². The van der Waals surface area contributed by atoms with Gasteiger partial charge < -0.3 is 5.11 Å². The van der Waals surface area contributed by atoms with Crippen LogP contribution in [0.4, 0.5) is 0 Å². The fraction of sp³-hybridized carbons (Fsp3) is 1.00. The Morgan fingerprint density at radius 3 is 2.30 bits per heavy atom. The fourth-order valence-electron chi connectivity index (χ4n) is 0.558. The number of aliphatic hydroxyl groups is 1. The van der Waals surface area contributed by atoms with E-state index in [-0.39, 0.29) is 6.10 Å². The van der Waals surface area contributed by atoms with Crippen molar-refractivity contribution in [1.82, 2.24) is 0 Å². The van der Waals surface area contributed by atoms with Gasteiger partial charge in [-0.1, -0.05) is 20.3 Å². The number of hydrogen-bond donors (Lipinski definition) is 1. The molecule has 0 heterocycles. The molecule has 0 aliphatic rings. The van der Waals surface area contributed by atoms with E-state index in [2.05, 4.69) is 13.8 Å². The third-order valence-electron chi connectivity index (χ3n) is 1.46. The van der Waals surface area contributed by atoms with E-state index in [1.54, 1.807) is 0 Å². The summed E-state index contributed by atoms with van der Waals surface area (Å²) in [6, 6.07) is 0. The second-order valence-electron chi connectivity index (χ2n) is 2.90. The van der Waals surface area contributed by atoms with Gasteiger partial charge in [0.15, 0.2) is 0 Å². The molecule has 10 heavy (non-hydrogen) atoms. The van der Waals surface area contributed by atoms with Crippen molar-refractivity contribution < 1.29 is 5.11 Å². The van der Waals surface area contributed by atoms with E-state index in [1.807, 2.05) is 18.7 Å². The number of thioether (sulfide) groups is 1. The van der Waals surface area contributed by atoms with Crippen molar-refractivity contribution in [2.75, 3.05) is 11.5 Å². The summed E-state index contributed by atoms with van der Waals surface area (Å²) in [7, 11) is 0. The Kier molecular flexibility index (Phi) is 6.24. The average Bonchev–Trinajstić information content (AvgIpc) is 1.87. The Bertz CT molecular complexity index is 73.7. The molecule has 0 aromatic heterocycles. The lowest BCUT2D eigenvalue weighted by Gasteiger charge is -2.08. The van der Waals surface area contributed by atoms with E-state index in [4.69, 9.17) is 5.11 Å². The van der Waals surface area contributed by atoms with E-state index < -0.39 is 0 Å². The fourth-order valence-corrected chi connectivity index (χ4v) is 1.67. The van der Waals surface area contributed by atoms with Crippen LogP contribution in [-0.2, 0) is 0 Å². The summed E-state index contributed by atoms with van der Waals surface area (Å²) in [5.74, 6) is 2.86. The maximum Gasteiger partial charge on any atom is 0.0602 e. The van der Waals surface area contributed by atoms with E-state index in [0.29, 0.717) is 0 Å². The molecule has 0 aromatic carbocycles. The Hall–Kier alpha value is 0.310. The first kappa shape index (κ1) is 10.3. The second kappa shape index (κ2) is 6.05. The highest BCUT2D eigenvalue weighted by Crippen LogP contribution is 2.11. The zero-order valence-electron chi connectivity index (χ0n) is 7.13. The third-order valence-corrected chi connectivity index (χ3v) is 2.98. The van der Waals surface area contributed by atoms with Gasteiger partial charge in [-0.2, -0.15) is 11.8 Å². The predicted molar refractivity (Wildman–Crippen MR) is 48.5 cm³/mol. The maximum absolute atomic E-state index is 8.92. The molecule has 0 spiro atoms. The monoisotopic (exact) mass is 162 g/mol. The molecule has 2 atom stereocenters. The molecule has 1 unspecified atom stereocenters. The molecule has 0 aliphatic heterocycles. The summed E-state index contributed by atoms with van der Waals surface area (Å²) in [4.78, 5) is 0. The lowest BCUT2D eigenvalue weighted by Crippen LogP contribution is -2.05. The van der Waals surface area contributed by atoms with Crippen LogP contribution < -0.4 is 0 Å². The van der Waals surface area contributed by atoms with Crippen LogP contribution in [0.1, 0.15) is 27.2 Å². The normalized spacial score (nSPS) is 16.8. The highest BCUT2D eigenvalue weighted by molar-refractivity contribution is 7.99. The van der Waals surface area contributed by atoms with Gasteiger partial charge in [0.1, 0.15) is 0 Å². The Morgan fingerprint density at radius 1 is 1.30 bits per heavy atom. The molecule has 0 bridgehead atoms. The zero-order chi connectivity index (χ0) is 7.98. The van der Waals surface area contributed by atoms with Crippen molar-refractivity contribution in [3.63, 3.8) is 0 Å². The van der Waals surface area contributed by atoms with Gasteiger partial charge in [-0.25, -0.2) is 0 Å². The topological polar surface area (TPSA) is 20.2 Å². The van der Waals surface area contributed by atoms with Crippen LogP contribution in [0.25, 0.3) is 0 Å². The molecule has 1 N–H and O–H groups in total. The molecule has 0 aromatic rings. The van der Waals surface area contributed by atoms with Gasteiger partial charge in [-0.05, 0) is 18.6 Å². The zero-order valence-corrected chi connectivity index (χ0v) is 7.95. The predicted octanol–water partition coefficient (Wildman–Crippen LogP) is 2.15. The molecule has 2 heteroatoms. The van der Waals surface area contributed by atoms with Gasteiger partial charge in [0.05, 0.1) is 6.10 Å². The van der Waals surface area contributed by atoms with Gasteiger partial charge in [0.2, 0.25) is 0 Å². The first-order valence-corrected chi connectivity index (χ1v) is 5.08. The summed E-state index contributed by atoms with van der Waals surface area (Å²) in [5, 5.41) is 8.92. The first-order chi connectivity index (χ1) is 4.66. The molecule has 0 saturated carbocycles. The van der Waals surface area contributed by atoms with Crippen molar-refractivity contribution >= 4 is 11.8 Å². The van der Waals surface area contributed by atoms with Crippen molar-refractivity contribution in [3.8, 4) is 0 Å². The minimum absolute atomic E-state index is 0.144. The molecule has 62 valence electrons. The maximum atomic E-state index is 8.92. The molecule has 1 nitrogen and oxygen atoms in total. The molecule has 0 amide bonds. The lowest BCUT2D eigenvalue weighted by atomic mass is 10.2. The van der Waals surface area contributed by atoms with Crippen LogP contribution in [0.3, 0.4) is 0 Å². The molecule has 0 fully saturated rings. The molecule has 0 radical (unpaired) electrons. The van der Waals surface area contributed by atoms with Gasteiger partial charge >= 0.3 is 0 Å². The standard InChI is InChI=1S/C8H18OS/c1-4-7(2)5-10-6-8(3)9/h7-9H,4-6H2,1-3H3/t7?,8-/m1/s1. The smallest absolute Gasteiger partial charge is 0.0602 e. The SMILES string of the molecule is CCC(C)CSC[C@@H](C)O. The largest absolute Gasteiger partial charge is 0.393 e. The van der Waals surface area contributed by atoms with Crippen LogP contribution >= 0.6 is 11.8 Å². The molecule has 0 aliphatic carbocycles. The Labute approximate surface area is 68.2 Å². The number of rotatable bonds is 5. The van der Waals surface area contributed by atoms with Crippen molar-refractivity contribution in [1.29, 1.82) is 0 Å². The van der Waals surface area contributed by atoms with Crippen molar-refractivity contribution in [2.24, 2.45) is 5.92 Å². The highest BCUT2D eigenvalue weighted by atomic mass is 32.2. The quantitative estimate of drug-likeness (QED) is 0.668. The average molecular weight is 162 g/mol. The summed E-state index contributed by atoms with van der Waals surface area (Å²) >= 11 is 1.84. The highest BCUT2D eigenvalue weighted by Gasteiger charge is 2.00. The minimum atomic E-state index is -0.144. The molecular weight excluding hydrogens is 144 g/mol. The van der Waals surface area contributed by atoms with Crippen molar-refractivity contribution in [3.05, 3.63) is 0 Å². The summed E-state index contributed by atoms with van der Waals surface area (Å²) in [5.41, 5.74) is 0. The Morgan fingerprint density at radius 2 is 1.90 bits per heavy atom. The Balaban J connectivity index is 3.03. The van der Waals surface area contributed by atoms with Gasteiger partial charge in [-0.15, -0.1) is 0 Å². The van der Waals surface area contributed by atoms with E-state index in [0.717, 1.165) is 11.7 Å².